The van der Waals surface area contributed by atoms with E-state index in [2.05, 4.69) is 15.5 Å². The number of aliphatic carboxylic acids is 2. The van der Waals surface area contributed by atoms with Gasteiger partial charge in [0.2, 0.25) is 0 Å². The SMILES string of the molecule is COCC1=C(C(=O)O)N2C(=O)C(NC(=O)C(=NOC)c3csc(N)n3)[C@H]2SC1.O=C(O)C(F)(F)F. The zero-order chi connectivity index (χ0) is 26.5. The van der Waals surface area contributed by atoms with Gasteiger partial charge in [0.05, 0.1) is 6.61 Å². The first-order chi connectivity index (χ1) is 16.3. The maximum absolute atomic E-state index is 12.6. The van der Waals surface area contributed by atoms with Crippen molar-refractivity contribution in [3.63, 3.8) is 0 Å². The highest BCUT2D eigenvalue weighted by atomic mass is 32.2. The van der Waals surface area contributed by atoms with Crippen LogP contribution in [0.3, 0.4) is 0 Å². The van der Waals surface area contributed by atoms with E-state index in [4.69, 9.17) is 25.2 Å². The lowest BCUT2D eigenvalue weighted by molar-refractivity contribution is -0.192. The molecule has 0 aromatic carbocycles. The average Bonchev–Trinajstić information content (AvgIpc) is 3.20. The van der Waals surface area contributed by atoms with Crippen molar-refractivity contribution in [3.05, 3.63) is 22.3 Å². The summed E-state index contributed by atoms with van der Waals surface area (Å²) in [4.78, 5) is 55.6. The number of rotatable bonds is 7. The molecular formula is C17H18F3N5O8S2. The fourth-order valence-corrected chi connectivity index (χ4v) is 4.75. The summed E-state index contributed by atoms with van der Waals surface area (Å²) in [6.45, 7) is 0.109. The predicted molar refractivity (Wildman–Crippen MR) is 115 cm³/mol. The number of carbonyl (C=O) groups is 4. The third kappa shape index (κ3) is 6.40. The molecule has 1 aromatic heterocycles. The molecule has 0 saturated carbocycles. The second kappa shape index (κ2) is 11.4. The van der Waals surface area contributed by atoms with Crippen LogP contribution in [0.2, 0.25) is 0 Å². The number of hydrogen-bond acceptors (Lipinski definition) is 11. The van der Waals surface area contributed by atoms with E-state index in [1.807, 2.05) is 0 Å². The first-order valence-corrected chi connectivity index (χ1v) is 11.1. The number of carbonyl (C=O) groups excluding carboxylic acids is 2. The molecule has 3 rings (SSSR count). The van der Waals surface area contributed by atoms with E-state index in [1.165, 1.54) is 30.9 Å². The van der Waals surface area contributed by atoms with E-state index >= 15 is 0 Å². The number of ether oxygens (including phenoxy) is 1. The van der Waals surface area contributed by atoms with Crippen LogP contribution in [-0.2, 0) is 28.8 Å². The number of nitrogen functional groups attached to an aromatic ring is 1. The van der Waals surface area contributed by atoms with Crippen molar-refractivity contribution >= 4 is 57.7 Å². The molecule has 192 valence electrons. The molecule has 0 radical (unpaired) electrons. The minimum atomic E-state index is -5.08. The molecule has 1 saturated heterocycles. The van der Waals surface area contributed by atoms with Crippen molar-refractivity contribution < 1.29 is 52.1 Å². The quantitative estimate of drug-likeness (QED) is 0.208. The van der Waals surface area contributed by atoms with Gasteiger partial charge in [-0.25, -0.2) is 14.6 Å². The van der Waals surface area contributed by atoms with Crippen molar-refractivity contribution in [2.75, 3.05) is 32.3 Å². The van der Waals surface area contributed by atoms with Crippen molar-refractivity contribution in [1.29, 1.82) is 0 Å². The highest BCUT2D eigenvalue weighted by Gasteiger charge is 2.54. The summed E-state index contributed by atoms with van der Waals surface area (Å²) in [5.41, 5.74) is 6.09. The van der Waals surface area contributed by atoms with E-state index in [0.29, 0.717) is 11.3 Å². The summed E-state index contributed by atoms with van der Waals surface area (Å²) in [6, 6.07) is -0.894. The van der Waals surface area contributed by atoms with Crippen LogP contribution in [0.25, 0.3) is 0 Å². The first kappa shape index (κ1) is 27.9. The second-order valence-corrected chi connectivity index (χ2v) is 8.54. The Kier molecular flexibility index (Phi) is 9.05. The number of nitrogens with two attached hydrogens (primary N) is 1. The number of nitrogens with zero attached hydrogens (tertiary/aromatic N) is 3. The number of aromatic nitrogens is 1. The van der Waals surface area contributed by atoms with Gasteiger partial charge >= 0.3 is 18.1 Å². The van der Waals surface area contributed by atoms with Gasteiger partial charge in [0.25, 0.3) is 11.8 Å². The Morgan fingerprint density at radius 1 is 1.34 bits per heavy atom. The minimum absolute atomic E-state index is 0.0980. The number of amides is 2. The van der Waals surface area contributed by atoms with Crippen LogP contribution < -0.4 is 11.1 Å². The number of β-lactam (4-membered cyclic amide) rings is 1. The van der Waals surface area contributed by atoms with Crippen molar-refractivity contribution in [2.24, 2.45) is 5.16 Å². The molecule has 13 nitrogen and oxygen atoms in total. The Morgan fingerprint density at radius 3 is 2.43 bits per heavy atom. The van der Waals surface area contributed by atoms with Gasteiger partial charge in [0.1, 0.15) is 29.9 Å². The van der Waals surface area contributed by atoms with E-state index in [-0.39, 0.29) is 28.8 Å². The van der Waals surface area contributed by atoms with Gasteiger partial charge in [-0.05, 0) is 5.57 Å². The van der Waals surface area contributed by atoms with E-state index in [1.54, 1.807) is 5.38 Å². The van der Waals surface area contributed by atoms with Crippen LogP contribution in [0.5, 0.6) is 0 Å². The van der Waals surface area contributed by atoms with Crippen LogP contribution >= 0.6 is 23.1 Å². The van der Waals surface area contributed by atoms with Gasteiger partial charge in [-0.1, -0.05) is 5.16 Å². The van der Waals surface area contributed by atoms with Crippen molar-refractivity contribution in [1.82, 2.24) is 15.2 Å². The number of thiazole rings is 1. The fourth-order valence-electron chi connectivity index (χ4n) is 2.87. The predicted octanol–water partition coefficient (Wildman–Crippen LogP) is 0.0941. The van der Waals surface area contributed by atoms with Gasteiger partial charge in [-0.15, -0.1) is 23.1 Å². The number of oxime groups is 1. The smallest absolute Gasteiger partial charge is 0.477 e. The van der Waals surface area contributed by atoms with E-state index in [0.717, 1.165) is 11.3 Å². The number of thioether (sulfide) groups is 1. The van der Waals surface area contributed by atoms with Gasteiger partial charge in [-0.2, -0.15) is 13.2 Å². The van der Waals surface area contributed by atoms with Crippen LogP contribution in [0, 0.1) is 0 Å². The summed E-state index contributed by atoms with van der Waals surface area (Å²) < 4.78 is 36.8. The normalized spacial score (nSPS) is 19.7. The number of hydrogen-bond donors (Lipinski definition) is 4. The molecule has 2 aliphatic rings. The number of fused-ring (bicyclic) bond motifs is 1. The molecule has 1 aromatic rings. The third-order valence-electron chi connectivity index (χ3n) is 4.26. The Bertz CT molecular complexity index is 1070. The highest BCUT2D eigenvalue weighted by molar-refractivity contribution is 8.00. The van der Waals surface area contributed by atoms with Gasteiger partial charge < -0.3 is 30.8 Å². The van der Waals surface area contributed by atoms with Crippen LogP contribution in [0.15, 0.2) is 21.8 Å². The Balaban J connectivity index is 0.000000540. The zero-order valence-corrected chi connectivity index (χ0v) is 19.5. The number of carboxylic acids is 2. The average molecular weight is 541 g/mol. The molecule has 0 aliphatic carbocycles. The first-order valence-electron chi connectivity index (χ1n) is 9.15. The van der Waals surface area contributed by atoms with Crippen molar-refractivity contribution in [2.45, 2.75) is 17.6 Å². The minimum Gasteiger partial charge on any atom is -0.477 e. The largest absolute Gasteiger partial charge is 0.490 e. The maximum Gasteiger partial charge on any atom is 0.490 e. The van der Waals surface area contributed by atoms with E-state index < -0.39 is 41.3 Å². The molecule has 1 unspecified atom stereocenters. The molecule has 18 heteroatoms. The lowest BCUT2D eigenvalue weighted by atomic mass is 10.0. The summed E-state index contributed by atoms with van der Waals surface area (Å²) in [5.74, 6) is -4.79. The molecule has 5 N–H and O–H groups in total. The summed E-state index contributed by atoms with van der Waals surface area (Å²) in [6.07, 6.45) is -5.08. The van der Waals surface area contributed by atoms with Crippen LogP contribution in [-0.4, -0.2) is 93.7 Å². The number of alkyl halides is 3. The Labute approximate surface area is 202 Å². The molecule has 35 heavy (non-hydrogen) atoms. The van der Waals surface area contributed by atoms with Crippen LogP contribution in [0.4, 0.5) is 18.3 Å². The Morgan fingerprint density at radius 2 is 1.97 bits per heavy atom. The highest BCUT2D eigenvalue weighted by Crippen LogP contribution is 2.40. The lowest BCUT2D eigenvalue weighted by Crippen LogP contribution is -2.71. The lowest BCUT2D eigenvalue weighted by Gasteiger charge is -2.49. The topological polar surface area (TPSA) is 194 Å². The number of methoxy groups -OCH3 is 1. The van der Waals surface area contributed by atoms with Gasteiger partial charge in [-0.3, -0.25) is 14.5 Å². The molecule has 2 amide bonds. The van der Waals surface area contributed by atoms with E-state index in [9.17, 15) is 32.7 Å². The number of nitrogens with one attached hydrogen (secondary N) is 1. The number of anilines is 1. The number of carboxylic acid groups (broad SMARTS) is 2. The maximum atomic E-state index is 12.6. The molecule has 3 heterocycles. The number of halogens is 3. The third-order valence-corrected chi connectivity index (χ3v) is 6.27. The van der Waals surface area contributed by atoms with Crippen molar-refractivity contribution in [3.8, 4) is 0 Å². The molecule has 2 atom stereocenters. The molecule has 0 bridgehead atoms. The molecular weight excluding hydrogens is 523 g/mol. The summed E-state index contributed by atoms with van der Waals surface area (Å²) in [5, 5.41) is 24.1. The monoisotopic (exact) mass is 541 g/mol. The Hall–Kier alpha value is -3.38. The second-order valence-electron chi connectivity index (χ2n) is 6.55. The fraction of sp³-hybridized carbons (Fsp3) is 0.412. The molecule has 0 spiro atoms. The summed E-state index contributed by atoms with van der Waals surface area (Å²) >= 11 is 2.47. The zero-order valence-electron chi connectivity index (χ0n) is 17.9. The van der Waals surface area contributed by atoms with Crippen LogP contribution in [0.1, 0.15) is 5.69 Å². The van der Waals surface area contributed by atoms with Gasteiger partial charge in [0, 0.05) is 18.2 Å². The molecule has 1 fully saturated rings. The molecule has 2 aliphatic heterocycles. The van der Waals surface area contributed by atoms with Gasteiger partial charge in [0.15, 0.2) is 10.8 Å². The standard InChI is InChI=1S/C15H17N5O6S2.C2HF3O2/c1-25-3-6-4-27-13-9(12(22)20(13)10(6)14(23)24)18-11(21)8(19-26-2)7-5-28-15(16)17-7;3-2(4,5)1(6)7/h5,9,13H,3-4H2,1-2H3,(H2,16,17)(H,18,21)(H,23,24);(H,6,7)/t9?,13-;/m1./s1. The summed E-state index contributed by atoms with van der Waals surface area (Å²) in [7, 11) is 2.73.